The molecule has 0 aromatic heterocycles. The number of hydrogen-bond acceptors (Lipinski definition) is 2. The zero-order valence-electron chi connectivity index (χ0n) is 10.7. The summed E-state index contributed by atoms with van der Waals surface area (Å²) >= 11 is 0. The summed E-state index contributed by atoms with van der Waals surface area (Å²) in [6.45, 7) is 3.38. The molecule has 90 valence electrons. The lowest BCUT2D eigenvalue weighted by Gasteiger charge is -2.18. The Kier molecular flexibility index (Phi) is 2.75. The normalized spacial score (nSPS) is 26.8. The van der Waals surface area contributed by atoms with Gasteiger partial charge in [-0.25, -0.2) is 0 Å². The number of aliphatic imine (C=N–C) groups is 1. The predicted molar refractivity (Wildman–Crippen MR) is 72.2 cm³/mol. The fourth-order valence-corrected chi connectivity index (χ4v) is 2.61. The molecule has 0 radical (unpaired) electrons. The van der Waals surface area contributed by atoms with E-state index in [1.807, 2.05) is 0 Å². The van der Waals surface area contributed by atoms with Crippen molar-refractivity contribution in [3.05, 3.63) is 35.6 Å². The number of nitrogens with zero attached hydrogens (tertiary/aromatic N) is 2. The molecule has 2 aliphatic carbocycles. The van der Waals surface area contributed by atoms with Crippen LogP contribution in [0.4, 0.5) is 0 Å². The fourth-order valence-electron chi connectivity index (χ4n) is 2.61. The number of hydrogen-bond donors (Lipinski definition) is 0. The maximum absolute atomic E-state index is 4.58. The van der Waals surface area contributed by atoms with E-state index in [1.165, 1.54) is 29.7 Å². The van der Waals surface area contributed by atoms with Crippen molar-refractivity contribution >= 4 is 5.71 Å². The molecule has 0 aromatic carbocycles. The predicted octanol–water partition coefficient (Wildman–Crippen LogP) is 2.94. The van der Waals surface area contributed by atoms with E-state index in [0.29, 0.717) is 5.92 Å². The van der Waals surface area contributed by atoms with E-state index >= 15 is 0 Å². The maximum atomic E-state index is 4.58. The summed E-state index contributed by atoms with van der Waals surface area (Å²) in [5, 5.41) is 0. The van der Waals surface area contributed by atoms with E-state index in [4.69, 9.17) is 0 Å². The van der Waals surface area contributed by atoms with Crippen molar-refractivity contribution < 1.29 is 0 Å². The van der Waals surface area contributed by atoms with Crippen molar-refractivity contribution in [3.8, 4) is 0 Å². The van der Waals surface area contributed by atoms with Crippen LogP contribution in [0.2, 0.25) is 0 Å². The van der Waals surface area contributed by atoms with Crippen LogP contribution in [-0.2, 0) is 0 Å². The van der Waals surface area contributed by atoms with Gasteiger partial charge in [0.15, 0.2) is 0 Å². The summed E-state index contributed by atoms with van der Waals surface area (Å²) in [7, 11) is 2.24. The molecule has 3 rings (SSSR count). The second-order valence-corrected chi connectivity index (χ2v) is 5.38. The minimum atomic E-state index is 0.477. The molecular weight excluding hydrogens is 208 g/mol. The zero-order valence-corrected chi connectivity index (χ0v) is 10.7. The van der Waals surface area contributed by atoms with Crippen molar-refractivity contribution in [2.75, 3.05) is 13.6 Å². The maximum Gasteiger partial charge on any atom is 0.0545 e. The lowest BCUT2D eigenvalue weighted by Crippen LogP contribution is -2.23. The molecule has 1 saturated carbocycles. The smallest absolute Gasteiger partial charge is 0.0545 e. The van der Waals surface area contributed by atoms with Crippen LogP contribution in [0.25, 0.3) is 0 Å². The molecule has 0 aromatic rings. The van der Waals surface area contributed by atoms with E-state index in [0.717, 1.165) is 19.0 Å². The van der Waals surface area contributed by atoms with Crippen LogP contribution in [0.3, 0.4) is 0 Å². The van der Waals surface area contributed by atoms with Crippen molar-refractivity contribution in [1.82, 2.24) is 4.90 Å². The zero-order chi connectivity index (χ0) is 11.8. The second-order valence-electron chi connectivity index (χ2n) is 5.38. The number of fused-ring (bicyclic) bond motifs is 1. The highest BCUT2D eigenvalue weighted by Crippen LogP contribution is 2.31. The minimum absolute atomic E-state index is 0.477. The molecule has 1 atom stereocenters. The first-order valence-electron chi connectivity index (χ1n) is 6.62. The van der Waals surface area contributed by atoms with Crippen molar-refractivity contribution in [2.24, 2.45) is 10.9 Å². The van der Waals surface area contributed by atoms with Gasteiger partial charge in [-0.2, -0.15) is 0 Å². The highest BCUT2D eigenvalue weighted by molar-refractivity contribution is 6.09. The van der Waals surface area contributed by atoms with Gasteiger partial charge in [-0.05, 0) is 31.9 Å². The van der Waals surface area contributed by atoms with Gasteiger partial charge in [0.2, 0.25) is 0 Å². The van der Waals surface area contributed by atoms with Crippen LogP contribution in [0.15, 0.2) is 40.6 Å². The lowest BCUT2D eigenvalue weighted by molar-refractivity contribution is 0.329. The first-order chi connectivity index (χ1) is 8.25. The SMILES string of the molecule is CC1C=CC=C2C(CCN(C)C3CC3)=CN=C21. The largest absolute Gasteiger partial charge is 0.303 e. The second kappa shape index (κ2) is 4.26. The molecule has 2 heteroatoms. The minimum Gasteiger partial charge on any atom is -0.303 e. The molecule has 0 amide bonds. The Morgan fingerprint density at radius 1 is 1.41 bits per heavy atom. The first kappa shape index (κ1) is 11.0. The molecule has 1 aliphatic heterocycles. The van der Waals surface area contributed by atoms with Crippen molar-refractivity contribution in [1.29, 1.82) is 0 Å². The highest BCUT2D eigenvalue weighted by Gasteiger charge is 2.27. The average molecular weight is 228 g/mol. The summed E-state index contributed by atoms with van der Waals surface area (Å²) in [6.07, 6.45) is 12.6. The van der Waals surface area contributed by atoms with Crippen LogP contribution in [-0.4, -0.2) is 30.2 Å². The molecule has 3 aliphatic rings. The van der Waals surface area contributed by atoms with Crippen molar-refractivity contribution in [3.63, 3.8) is 0 Å². The molecule has 17 heavy (non-hydrogen) atoms. The van der Waals surface area contributed by atoms with Crippen LogP contribution in [0, 0.1) is 5.92 Å². The Labute approximate surface area is 103 Å². The summed E-state index contributed by atoms with van der Waals surface area (Å²) < 4.78 is 0. The van der Waals surface area contributed by atoms with E-state index in [2.05, 4.69) is 48.3 Å². The summed E-state index contributed by atoms with van der Waals surface area (Å²) in [6, 6.07) is 0.858. The molecule has 0 spiro atoms. The van der Waals surface area contributed by atoms with Crippen molar-refractivity contribution in [2.45, 2.75) is 32.2 Å². The van der Waals surface area contributed by atoms with Gasteiger partial charge in [0, 0.05) is 30.3 Å². The monoisotopic (exact) mass is 228 g/mol. The molecule has 2 nitrogen and oxygen atoms in total. The average Bonchev–Trinajstić information content (AvgIpc) is 3.08. The van der Waals surface area contributed by atoms with Gasteiger partial charge in [-0.1, -0.05) is 25.2 Å². The Morgan fingerprint density at radius 3 is 3.00 bits per heavy atom. The topological polar surface area (TPSA) is 15.6 Å². The standard InChI is InChI=1S/C15H20N2/c1-11-4-3-5-14-12(10-16-15(11)14)8-9-17(2)13-6-7-13/h3-5,10-11,13H,6-9H2,1-2H3. The summed E-state index contributed by atoms with van der Waals surface area (Å²) in [5.41, 5.74) is 4.06. The van der Waals surface area contributed by atoms with Crippen LogP contribution < -0.4 is 0 Å². The van der Waals surface area contributed by atoms with Gasteiger partial charge < -0.3 is 4.90 Å². The van der Waals surface area contributed by atoms with Crippen LogP contribution in [0.5, 0.6) is 0 Å². The summed E-state index contributed by atoms with van der Waals surface area (Å²) in [4.78, 5) is 7.06. The fraction of sp³-hybridized carbons (Fsp3) is 0.533. The van der Waals surface area contributed by atoms with E-state index < -0.39 is 0 Å². The molecule has 1 heterocycles. The highest BCUT2D eigenvalue weighted by atomic mass is 15.1. The number of rotatable bonds is 4. The molecule has 0 N–H and O–H groups in total. The van der Waals surface area contributed by atoms with Gasteiger partial charge >= 0.3 is 0 Å². The Hall–Kier alpha value is -1.15. The number of allylic oxidation sites excluding steroid dienone is 4. The Morgan fingerprint density at radius 2 is 2.24 bits per heavy atom. The third kappa shape index (κ3) is 2.14. The first-order valence-corrected chi connectivity index (χ1v) is 6.62. The molecular formula is C15H20N2. The molecule has 1 unspecified atom stereocenters. The third-order valence-corrected chi connectivity index (χ3v) is 3.98. The summed E-state index contributed by atoms with van der Waals surface area (Å²) in [5.74, 6) is 0.477. The molecule has 0 saturated heterocycles. The van der Waals surface area contributed by atoms with E-state index in [9.17, 15) is 0 Å². The van der Waals surface area contributed by atoms with Gasteiger partial charge in [0.25, 0.3) is 0 Å². The lowest BCUT2D eigenvalue weighted by atomic mass is 9.89. The quantitative estimate of drug-likeness (QED) is 0.722. The van der Waals surface area contributed by atoms with E-state index in [-0.39, 0.29) is 0 Å². The van der Waals surface area contributed by atoms with Gasteiger partial charge in [0.05, 0.1) is 5.71 Å². The van der Waals surface area contributed by atoms with Crippen LogP contribution >= 0.6 is 0 Å². The molecule has 1 fully saturated rings. The van der Waals surface area contributed by atoms with E-state index in [1.54, 1.807) is 0 Å². The van der Waals surface area contributed by atoms with Crippen LogP contribution in [0.1, 0.15) is 26.2 Å². The van der Waals surface area contributed by atoms with Gasteiger partial charge in [-0.3, -0.25) is 4.99 Å². The van der Waals surface area contributed by atoms with Gasteiger partial charge in [0.1, 0.15) is 0 Å². The Bertz CT molecular complexity index is 436. The Balaban J connectivity index is 1.62. The third-order valence-electron chi connectivity index (χ3n) is 3.98. The van der Waals surface area contributed by atoms with Gasteiger partial charge in [-0.15, -0.1) is 0 Å². The molecule has 0 bridgehead atoms.